The number of ether oxygens (including phenoxy) is 4. The zero-order chi connectivity index (χ0) is 41.7. The van der Waals surface area contributed by atoms with Crippen molar-refractivity contribution in [2.45, 2.75) is 78.4 Å². The topological polar surface area (TPSA) is 111 Å². The summed E-state index contributed by atoms with van der Waals surface area (Å²) in [6.45, 7) is 16.4. The number of amides is 2. The number of carbonyl (C=O) groups excluding carboxylic acids is 2. The number of halogens is 1. The predicted molar refractivity (Wildman–Crippen MR) is 230 cm³/mol. The quantitative estimate of drug-likeness (QED) is 0.112. The van der Waals surface area contributed by atoms with Crippen molar-refractivity contribution in [1.29, 1.82) is 0 Å². The third-order valence-electron chi connectivity index (χ3n) is 10.4. The SMILES string of the molecule is CC(C)(C)OC(=O)N1CCCOc2cccc(F)c2-c2cc3c(nn(COCC[Si](C)(C)C)c3cn2)-c2ccc(N3CCN(C(=O)OCc4ccccc4)CC3)c(c2)C1. The van der Waals surface area contributed by atoms with Crippen LogP contribution in [-0.2, 0) is 34.1 Å². The average molecular weight is 823 g/mol. The van der Waals surface area contributed by atoms with Crippen molar-refractivity contribution in [3.63, 3.8) is 0 Å². The van der Waals surface area contributed by atoms with Crippen LogP contribution in [0.2, 0.25) is 25.7 Å². The van der Waals surface area contributed by atoms with Gasteiger partial charge in [-0.25, -0.2) is 18.7 Å². The maximum absolute atomic E-state index is 15.7. The van der Waals surface area contributed by atoms with E-state index in [-0.39, 0.29) is 38.1 Å². The Balaban J connectivity index is 1.26. The van der Waals surface area contributed by atoms with E-state index in [1.165, 1.54) is 6.07 Å². The fraction of sp³-hybridized carbons (Fsp3) is 0.422. The van der Waals surface area contributed by atoms with Crippen LogP contribution in [0.1, 0.15) is 38.3 Å². The molecule has 2 aromatic heterocycles. The zero-order valence-corrected chi connectivity index (χ0v) is 36.0. The van der Waals surface area contributed by atoms with Crippen LogP contribution in [0.5, 0.6) is 5.75 Å². The van der Waals surface area contributed by atoms with Gasteiger partial charge in [-0.15, -0.1) is 0 Å². The minimum Gasteiger partial charge on any atom is -0.493 e. The molecule has 0 saturated carbocycles. The normalized spacial score (nSPS) is 15.0. The van der Waals surface area contributed by atoms with Gasteiger partial charge in [0.1, 0.15) is 36.2 Å². The Morgan fingerprint density at radius 1 is 0.898 bits per heavy atom. The molecule has 59 heavy (non-hydrogen) atoms. The number of aromatic nitrogens is 3. The number of anilines is 1. The minimum absolute atomic E-state index is 0.213. The molecular weight excluding hydrogens is 768 g/mol. The predicted octanol–water partition coefficient (Wildman–Crippen LogP) is 9.20. The molecule has 5 aromatic rings. The monoisotopic (exact) mass is 822 g/mol. The van der Waals surface area contributed by atoms with Crippen molar-refractivity contribution < 1.29 is 32.9 Å². The number of rotatable bonds is 8. The summed E-state index contributed by atoms with van der Waals surface area (Å²) in [4.78, 5) is 37.4. The number of carbonyl (C=O) groups is 2. The van der Waals surface area contributed by atoms with Gasteiger partial charge >= 0.3 is 12.2 Å². The summed E-state index contributed by atoms with van der Waals surface area (Å²) in [5.74, 6) is -0.0843. The van der Waals surface area contributed by atoms with Crippen molar-refractivity contribution in [3.8, 4) is 28.3 Å². The van der Waals surface area contributed by atoms with E-state index in [2.05, 4.69) is 36.7 Å². The number of hydrogen-bond acceptors (Lipinski definition) is 9. The molecule has 12 nitrogen and oxygen atoms in total. The molecule has 3 aromatic carbocycles. The van der Waals surface area contributed by atoms with Crippen LogP contribution in [0.3, 0.4) is 0 Å². The molecule has 312 valence electrons. The van der Waals surface area contributed by atoms with E-state index < -0.39 is 25.6 Å². The molecule has 7 rings (SSSR count). The second-order valence-electron chi connectivity index (χ2n) is 17.4. The van der Waals surface area contributed by atoms with Gasteiger partial charge < -0.3 is 33.6 Å². The molecule has 0 aliphatic carbocycles. The van der Waals surface area contributed by atoms with E-state index in [1.807, 2.05) is 67.9 Å². The molecule has 4 heterocycles. The molecule has 1 fully saturated rings. The summed E-state index contributed by atoms with van der Waals surface area (Å²) >= 11 is 0. The smallest absolute Gasteiger partial charge is 0.410 e. The van der Waals surface area contributed by atoms with Crippen LogP contribution in [0.25, 0.3) is 33.4 Å². The van der Waals surface area contributed by atoms with E-state index in [0.29, 0.717) is 62.9 Å². The lowest BCUT2D eigenvalue weighted by molar-refractivity contribution is 0.0225. The highest BCUT2D eigenvalue weighted by Gasteiger charge is 2.28. The van der Waals surface area contributed by atoms with Gasteiger partial charge in [-0.05, 0) is 74.7 Å². The maximum atomic E-state index is 15.7. The number of fused-ring (bicyclic) bond motifs is 6. The fourth-order valence-electron chi connectivity index (χ4n) is 7.24. The van der Waals surface area contributed by atoms with Gasteiger partial charge in [0.25, 0.3) is 0 Å². The van der Waals surface area contributed by atoms with Crippen molar-refractivity contribution in [3.05, 3.63) is 95.9 Å². The molecule has 0 spiro atoms. The van der Waals surface area contributed by atoms with Crippen LogP contribution in [0.4, 0.5) is 19.7 Å². The first-order valence-corrected chi connectivity index (χ1v) is 24.1. The highest BCUT2D eigenvalue weighted by molar-refractivity contribution is 6.76. The number of benzene rings is 3. The van der Waals surface area contributed by atoms with Crippen molar-refractivity contribution in [2.75, 3.05) is 50.8 Å². The average Bonchev–Trinajstić information content (AvgIpc) is 3.56. The lowest BCUT2D eigenvalue weighted by Gasteiger charge is -2.37. The Bertz CT molecular complexity index is 2270. The first kappa shape index (κ1) is 41.7. The molecule has 2 aliphatic rings. The largest absolute Gasteiger partial charge is 0.493 e. The maximum Gasteiger partial charge on any atom is 0.410 e. The van der Waals surface area contributed by atoms with Crippen molar-refractivity contribution >= 4 is 36.9 Å². The summed E-state index contributed by atoms with van der Waals surface area (Å²) in [5, 5.41) is 5.88. The van der Waals surface area contributed by atoms with Crippen molar-refractivity contribution in [2.24, 2.45) is 0 Å². The molecule has 0 unspecified atom stereocenters. The molecule has 2 amide bonds. The van der Waals surface area contributed by atoms with E-state index in [4.69, 9.17) is 29.0 Å². The van der Waals surface area contributed by atoms with Gasteiger partial charge in [-0.1, -0.05) is 62.1 Å². The van der Waals surface area contributed by atoms with Gasteiger partial charge in [0.15, 0.2) is 0 Å². The number of hydrogen-bond donors (Lipinski definition) is 0. The summed E-state index contributed by atoms with van der Waals surface area (Å²) in [6, 6.07) is 23.5. The molecule has 14 heteroatoms. The summed E-state index contributed by atoms with van der Waals surface area (Å²) in [6.07, 6.45) is 1.39. The second-order valence-corrected chi connectivity index (χ2v) is 23.0. The summed E-state index contributed by atoms with van der Waals surface area (Å²) in [7, 11) is -1.32. The van der Waals surface area contributed by atoms with E-state index >= 15 is 4.39 Å². The van der Waals surface area contributed by atoms with E-state index in [0.717, 1.165) is 39.3 Å². The highest BCUT2D eigenvalue weighted by Crippen LogP contribution is 2.38. The first-order chi connectivity index (χ1) is 28.2. The molecular formula is C45H55FN6O6Si. The third kappa shape index (κ3) is 10.4. The standard InChI is InChI=1S/C45H55FN6O6Si/c1-45(2,3)58-44(54)51-18-11-23-56-40-15-10-14-36(46)41(40)37-27-35-39(28-47-37)52(31-55-24-25-59(4,5)6)48-42(35)33-16-17-38(34(26-33)29-51)49-19-21-50(22-20-49)43(53)57-30-32-12-8-7-9-13-32/h7-10,12-17,26-28H,11,18-25,29-31H2,1-6H3. The van der Waals surface area contributed by atoms with Crippen LogP contribution in [0, 0.1) is 5.82 Å². The van der Waals surface area contributed by atoms with E-state index in [9.17, 15) is 9.59 Å². The highest BCUT2D eigenvalue weighted by atomic mass is 28.3. The Hall–Kier alpha value is -5.47. The number of pyridine rings is 1. The first-order valence-electron chi connectivity index (χ1n) is 20.4. The molecule has 0 radical (unpaired) electrons. The van der Waals surface area contributed by atoms with Crippen LogP contribution >= 0.6 is 0 Å². The number of piperazine rings is 1. The number of nitrogens with zero attached hydrogens (tertiary/aromatic N) is 6. The summed E-state index contributed by atoms with van der Waals surface area (Å²) in [5.41, 5.74) is 4.97. The van der Waals surface area contributed by atoms with Gasteiger partial charge in [-0.2, -0.15) is 5.10 Å². The molecule has 4 bridgehead atoms. The third-order valence-corrected chi connectivity index (χ3v) is 12.1. The second kappa shape index (κ2) is 17.8. The van der Waals surface area contributed by atoms with E-state index in [1.54, 1.807) is 28.1 Å². The van der Waals surface area contributed by atoms with Crippen LogP contribution < -0.4 is 9.64 Å². The molecule has 0 N–H and O–H groups in total. The van der Waals surface area contributed by atoms with Gasteiger partial charge in [0, 0.05) is 64.0 Å². The fourth-order valence-corrected chi connectivity index (χ4v) is 7.99. The Morgan fingerprint density at radius 2 is 1.68 bits per heavy atom. The van der Waals surface area contributed by atoms with Gasteiger partial charge in [-0.3, -0.25) is 4.98 Å². The Morgan fingerprint density at radius 3 is 2.42 bits per heavy atom. The van der Waals surface area contributed by atoms with Crippen LogP contribution in [0.15, 0.2) is 79.0 Å². The minimum atomic E-state index is -1.32. The lowest BCUT2D eigenvalue weighted by Crippen LogP contribution is -2.49. The van der Waals surface area contributed by atoms with Gasteiger partial charge in [0.05, 0.1) is 36.1 Å². The Labute approximate surface area is 346 Å². The van der Waals surface area contributed by atoms with Gasteiger partial charge in [0.2, 0.25) is 0 Å². The summed E-state index contributed by atoms with van der Waals surface area (Å²) < 4.78 is 41.5. The lowest BCUT2D eigenvalue weighted by atomic mass is 10.0. The molecule has 0 atom stereocenters. The molecule has 1 saturated heterocycles. The Kier molecular flexibility index (Phi) is 12.6. The zero-order valence-electron chi connectivity index (χ0n) is 35.0. The van der Waals surface area contributed by atoms with Crippen molar-refractivity contribution in [1.82, 2.24) is 24.6 Å². The molecule has 2 aliphatic heterocycles. The van der Waals surface area contributed by atoms with Crippen LogP contribution in [-0.4, -0.2) is 96.4 Å².